The van der Waals surface area contributed by atoms with Gasteiger partial charge in [-0.15, -0.1) is 0 Å². The highest BCUT2D eigenvalue weighted by Gasteiger charge is 1.97. The van der Waals surface area contributed by atoms with Crippen molar-refractivity contribution in [2.75, 3.05) is 18.5 Å². The first kappa shape index (κ1) is 9.07. The van der Waals surface area contributed by atoms with Crippen LogP contribution in [0, 0.1) is 5.92 Å². The molecule has 0 radical (unpaired) electrons. The third-order valence-corrected chi connectivity index (χ3v) is 1.74. The summed E-state index contributed by atoms with van der Waals surface area (Å²) < 4.78 is 0. The number of para-hydroxylation sites is 1. The van der Waals surface area contributed by atoms with E-state index in [1.807, 2.05) is 37.3 Å². The molecule has 0 spiro atoms. The average molecular weight is 165 g/mol. The SMILES string of the molecule is CC(CO)CNc1ccccc1. The molecule has 1 aromatic rings. The Morgan fingerprint density at radius 1 is 1.33 bits per heavy atom. The van der Waals surface area contributed by atoms with Gasteiger partial charge in [-0.3, -0.25) is 0 Å². The van der Waals surface area contributed by atoms with Crippen LogP contribution >= 0.6 is 0 Å². The predicted molar refractivity (Wildman–Crippen MR) is 51.2 cm³/mol. The zero-order valence-electron chi connectivity index (χ0n) is 7.33. The van der Waals surface area contributed by atoms with Crippen molar-refractivity contribution in [3.8, 4) is 0 Å². The Hall–Kier alpha value is -1.02. The topological polar surface area (TPSA) is 32.3 Å². The van der Waals surface area contributed by atoms with E-state index >= 15 is 0 Å². The van der Waals surface area contributed by atoms with Gasteiger partial charge in [0, 0.05) is 18.8 Å². The second-order valence-electron chi connectivity index (χ2n) is 3.03. The van der Waals surface area contributed by atoms with E-state index < -0.39 is 0 Å². The molecular weight excluding hydrogens is 150 g/mol. The van der Waals surface area contributed by atoms with Gasteiger partial charge in [0.1, 0.15) is 0 Å². The van der Waals surface area contributed by atoms with Crippen LogP contribution in [0.1, 0.15) is 6.92 Å². The van der Waals surface area contributed by atoms with Gasteiger partial charge in [-0.2, -0.15) is 0 Å². The summed E-state index contributed by atoms with van der Waals surface area (Å²) >= 11 is 0. The molecule has 0 heterocycles. The smallest absolute Gasteiger partial charge is 0.0473 e. The molecule has 2 heteroatoms. The number of aliphatic hydroxyl groups excluding tert-OH is 1. The minimum absolute atomic E-state index is 0.236. The first-order valence-corrected chi connectivity index (χ1v) is 4.22. The van der Waals surface area contributed by atoms with Crippen LogP contribution in [0.15, 0.2) is 30.3 Å². The maximum absolute atomic E-state index is 8.77. The molecule has 1 unspecified atom stereocenters. The number of hydrogen-bond acceptors (Lipinski definition) is 2. The van der Waals surface area contributed by atoms with E-state index in [1.54, 1.807) is 0 Å². The molecular formula is C10H15NO. The first-order chi connectivity index (χ1) is 5.83. The molecule has 0 saturated heterocycles. The quantitative estimate of drug-likeness (QED) is 0.712. The van der Waals surface area contributed by atoms with Crippen LogP contribution in [0.2, 0.25) is 0 Å². The number of anilines is 1. The Labute approximate surface area is 73.2 Å². The molecule has 12 heavy (non-hydrogen) atoms. The first-order valence-electron chi connectivity index (χ1n) is 4.22. The Morgan fingerprint density at radius 2 is 2.00 bits per heavy atom. The van der Waals surface area contributed by atoms with Gasteiger partial charge in [-0.05, 0) is 18.1 Å². The number of nitrogens with one attached hydrogen (secondary N) is 1. The number of benzene rings is 1. The fourth-order valence-corrected chi connectivity index (χ4v) is 0.913. The molecule has 1 atom stereocenters. The van der Waals surface area contributed by atoms with Crippen molar-refractivity contribution < 1.29 is 5.11 Å². The summed E-state index contributed by atoms with van der Waals surface area (Å²) in [4.78, 5) is 0. The van der Waals surface area contributed by atoms with Gasteiger partial charge in [0.25, 0.3) is 0 Å². The van der Waals surface area contributed by atoms with E-state index in [4.69, 9.17) is 5.11 Å². The average Bonchev–Trinajstić information content (AvgIpc) is 2.16. The predicted octanol–water partition coefficient (Wildman–Crippen LogP) is 1.73. The molecule has 0 aliphatic carbocycles. The summed E-state index contributed by atoms with van der Waals surface area (Å²) in [5.74, 6) is 0.310. The van der Waals surface area contributed by atoms with Crippen LogP contribution in [0.5, 0.6) is 0 Å². The van der Waals surface area contributed by atoms with Crippen molar-refractivity contribution in [2.45, 2.75) is 6.92 Å². The van der Waals surface area contributed by atoms with Gasteiger partial charge in [-0.1, -0.05) is 25.1 Å². The van der Waals surface area contributed by atoms with Crippen LogP contribution in [-0.2, 0) is 0 Å². The lowest BCUT2D eigenvalue weighted by Gasteiger charge is -2.10. The van der Waals surface area contributed by atoms with E-state index in [0.717, 1.165) is 12.2 Å². The number of rotatable bonds is 4. The Morgan fingerprint density at radius 3 is 2.58 bits per heavy atom. The lowest BCUT2D eigenvalue weighted by atomic mass is 10.2. The zero-order chi connectivity index (χ0) is 8.81. The van der Waals surface area contributed by atoms with E-state index in [2.05, 4.69) is 5.32 Å². The van der Waals surface area contributed by atoms with Gasteiger partial charge in [0.15, 0.2) is 0 Å². The van der Waals surface area contributed by atoms with Gasteiger partial charge in [0.05, 0.1) is 0 Å². The summed E-state index contributed by atoms with van der Waals surface area (Å²) in [5, 5.41) is 12.0. The van der Waals surface area contributed by atoms with Gasteiger partial charge in [0.2, 0.25) is 0 Å². The number of hydrogen-bond donors (Lipinski definition) is 2. The third-order valence-electron chi connectivity index (χ3n) is 1.74. The molecule has 0 bridgehead atoms. The van der Waals surface area contributed by atoms with Crippen molar-refractivity contribution in [1.29, 1.82) is 0 Å². The molecule has 0 amide bonds. The summed E-state index contributed by atoms with van der Waals surface area (Å²) in [6, 6.07) is 10.0. The summed E-state index contributed by atoms with van der Waals surface area (Å²) in [5.41, 5.74) is 1.11. The fourth-order valence-electron chi connectivity index (χ4n) is 0.913. The van der Waals surface area contributed by atoms with E-state index in [0.29, 0.717) is 5.92 Å². The Kier molecular flexibility index (Phi) is 3.61. The highest BCUT2D eigenvalue weighted by atomic mass is 16.3. The molecule has 1 rings (SSSR count). The van der Waals surface area contributed by atoms with Crippen LogP contribution in [0.3, 0.4) is 0 Å². The second kappa shape index (κ2) is 4.78. The van der Waals surface area contributed by atoms with Crippen molar-refractivity contribution in [2.24, 2.45) is 5.92 Å². The minimum Gasteiger partial charge on any atom is -0.396 e. The highest BCUT2D eigenvalue weighted by Crippen LogP contribution is 2.05. The number of aliphatic hydroxyl groups is 1. The lowest BCUT2D eigenvalue weighted by molar-refractivity contribution is 0.244. The summed E-state index contributed by atoms with van der Waals surface area (Å²) in [6.07, 6.45) is 0. The molecule has 2 N–H and O–H groups in total. The van der Waals surface area contributed by atoms with Crippen molar-refractivity contribution >= 4 is 5.69 Å². The van der Waals surface area contributed by atoms with Crippen LogP contribution in [0.25, 0.3) is 0 Å². The molecule has 2 nitrogen and oxygen atoms in total. The van der Waals surface area contributed by atoms with Crippen molar-refractivity contribution in [3.05, 3.63) is 30.3 Å². The maximum atomic E-state index is 8.77. The molecule has 0 aromatic heterocycles. The van der Waals surface area contributed by atoms with E-state index in [9.17, 15) is 0 Å². The summed E-state index contributed by atoms with van der Waals surface area (Å²) in [6.45, 7) is 3.07. The van der Waals surface area contributed by atoms with Crippen LogP contribution < -0.4 is 5.32 Å². The molecule has 0 aliphatic rings. The second-order valence-corrected chi connectivity index (χ2v) is 3.03. The molecule has 0 aliphatic heterocycles. The van der Waals surface area contributed by atoms with Crippen molar-refractivity contribution in [1.82, 2.24) is 0 Å². The largest absolute Gasteiger partial charge is 0.396 e. The molecule has 66 valence electrons. The Balaban J connectivity index is 2.33. The Bertz CT molecular complexity index is 210. The highest BCUT2D eigenvalue weighted by molar-refractivity contribution is 5.42. The zero-order valence-corrected chi connectivity index (χ0v) is 7.33. The molecule has 1 aromatic carbocycles. The van der Waals surface area contributed by atoms with Gasteiger partial charge in [-0.25, -0.2) is 0 Å². The minimum atomic E-state index is 0.236. The van der Waals surface area contributed by atoms with Gasteiger partial charge >= 0.3 is 0 Å². The van der Waals surface area contributed by atoms with E-state index in [-0.39, 0.29) is 6.61 Å². The monoisotopic (exact) mass is 165 g/mol. The fraction of sp³-hybridized carbons (Fsp3) is 0.400. The normalized spacial score (nSPS) is 12.5. The van der Waals surface area contributed by atoms with Crippen molar-refractivity contribution in [3.63, 3.8) is 0 Å². The standard InChI is InChI=1S/C10H15NO/c1-9(8-12)7-11-10-5-3-2-4-6-10/h2-6,9,11-12H,7-8H2,1H3. The summed E-state index contributed by atoms with van der Waals surface area (Å²) in [7, 11) is 0. The van der Waals surface area contributed by atoms with Crippen LogP contribution in [0.4, 0.5) is 5.69 Å². The molecule has 0 fully saturated rings. The maximum Gasteiger partial charge on any atom is 0.0473 e. The third kappa shape index (κ3) is 2.93. The van der Waals surface area contributed by atoms with Gasteiger partial charge < -0.3 is 10.4 Å². The lowest BCUT2D eigenvalue weighted by Crippen LogP contribution is -2.14. The van der Waals surface area contributed by atoms with E-state index in [1.165, 1.54) is 0 Å². The van der Waals surface area contributed by atoms with Crippen LogP contribution in [-0.4, -0.2) is 18.3 Å². The molecule has 0 saturated carbocycles.